The first kappa shape index (κ1) is 24.6. The summed E-state index contributed by atoms with van der Waals surface area (Å²) in [6.07, 6.45) is 0.719. The fourth-order valence-electron chi connectivity index (χ4n) is 7.76. The highest BCUT2D eigenvalue weighted by Crippen LogP contribution is 2.71. The summed E-state index contributed by atoms with van der Waals surface area (Å²) in [6, 6.07) is 0. The van der Waals surface area contributed by atoms with Crippen LogP contribution in [0.2, 0.25) is 0 Å². The van der Waals surface area contributed by atoms with E-state index < -0.39 is 63.9 Å². The van der Waals surface area contributed by atoms with Crippen molar-refractivity contribution < 1.29 is 33.0 Å². The lowest BCUT2D eigenvalue weighted by molar-refractivity contribution is -0.230. The van der Waals surface area contributed by atoms with E-state index in [0.717, 1.165) is 6.08 Å². The number of rotatable bonds is 4. The molecule has 0 aromatic carbocycles. The maximum absolute atomic E-state index is 17.2. The number of ether oxygens (including phenoxy) is 1. The largest absolute Gasteiger partial charge is 0.450 e. The second-order valence-electron chi connectivity index (χ2n) is 10.6. The minimum Gasteiger partial charge on any atom is -0.450 e. The molecule has 0 spiro atoms. The lowest BCUT2D eigenvalue weighted by Gasteiger charge is -2.63. The molecular weight excluding hydrogens is 450 g/mol. The number of halogens is 2. The first-order valence-electron chi connectivity index (χ1n) is 11.7. The van der Waals surface area contributed by atoms with E-state index in [1.807, 2.05) is 0 Å². The van der Waals surface area contributed by atoms with Gasteiger partial charge < -0.3 is 9.84 Å². The summed E-state index contributed by atoms with van der Waals surface area (Å²) in [5.74, 6) is -3.41. The van der Waals surface area contributed by atoms with Crippen molar-refractivity contribution in [2.75, 3.05) is 5.75 Å². The van der Waals surface area contributed by atoms with Gasteiger partial charge in [0, 0.05) is 29.1 Å². The van der Waals surface area contributed by atoms with Crippen molar-refractivity contribution in [2.45, 2.75) is 76.9 Å². The zero-order chi connectivity index (χ0) is 24.6. The number of carbonyl (C=O) groups is 3. The monoisotopic (exact) mass is 482 g/mol. The Hall–Kier alpha value is -1.54. The third-order valence-corrected chi connectivity index (χ3v) is 9.58. The van der Waals surface area contributed by atoms with Crippen LogP contribution in [-0.2, 0) is 19.1 Å². The topological polar surface area (TPSA) is 80.7 Å². The highest BCUT2D eigenvalue weighted by Gasteiger charge is 2.77. The molecule has 0 aromatic heterocycles. The van der Waals surface area contributed by atoms with Gasteiger partial charge in [-0.15, -0.1) is 0 Å². The Labute approximate surface area is 198 Å². The molecule has 1 N–H and O–H groups in total. The van der Waals surface area contributed by atoms with E-state index in [2.05, 4.69) is 12.6 Å². The number of aliphatic hydroxyl groups is 1. The summed E-state index contributed by atoms with van der Waals surface area (Å²) >= 11 is 4.17. The molecule has 0 aliphatic heterocycles. The first-order valence-corrected chi connectivity index (χ1v) is 12.3. The smallest absolute Gasteiger partial charge is 0.306 e. The quantitative estimate of drug-likeness (QED) is 0.471. The molecule has 4 aliphatic rings. The maximum atomic E-state index is 17.2. The van der Waals surface area contributed by atoms with Gasteiger partial charge in [0.2, 0.25) is 0 Å². The van der Waals surface area contributed by atoms with E-state index in [1.54, 1.807) is 20.8 Å². The number of Topliss-reactive ketones (excluding diaryl/α,β-unsaturated/α-hetero) is 1. The van der Waals surface area contributed by atoms with Crippen LogP contribution >= 0.6 is 12.6 Å². The summed E-state index contributed by atoms with van der Waals surface area (Å²) in [5.41, 5.74) is -6.35. The van der Waals surface area contributed by atoms with E-state index >= 15 is 8.78 Å². The first-order chi connectivity index (χ1) is 15.3. The Morgan fingerprint density at radius 3 is 2.55 bits per heavy atom. The molecule has 182 valence electrons. The summed E-state index contributed by atoms with van der Waals surface area (Å²) < 4.78 is 38.6. The van der Waals surface area contributed by atoms with Gasteiger partial charge in [0.15, 0.2) is 22.8 Å². The van der Waals surface area contributed by atoms with Gasteiger partial charge in [0.1, 0.15) is 6.17 Å². The van der Waals surface area contributed by atoms with Crippen LogP contribution in [0.25, 0.3) is 0 Å². The molecule has 0 aromatic rings. The molecule has 4 rings (SSSR count). The molecule has 4 aliphatic carbocycles. The third kappa shape index (κ3) is 2.89. The van der Waals surface area contributed by atoms with Crippen LogP contribution < -0.4 is 0 Å². The van der Waals surface area contributed by atoms with Crippen molar-refractivity contribution in [1.82, 2.24) is 0 Å². The Kier molecular flexibility index (Phi) is 5.76. The molecular formula is C25H32F2O5S. The van der Waals surface area contributed by atoms with Crippen molar-refractivity contribution in [2.24, 2.45) is 28.6 Å². The van der Waals surface area contributed by atoms with Gasteiger partial charge in [-0.05, 0) is 49.8 Å². The molecule has 8 heteroatoms. The Balaban J connectivity index is 1.88. The second kappa shape index (κ2) is 7.74. The standard InChI is InChI=1S/C25H32F2O5S/c1-5-21(31)32-25(20(30)12-33)13(2)8-15-16-10-18(26)17-9-14(28)6-7-22(17,3)24(16,27)19(29)11-23(15,25)4/h6-7,9,13,15-16,18-19,29,33H,5,8,10-12H2,1-4H3/t13-,15+,16+,18+,19+,22+,23+,24+,25+/m1/s1. The minimum atomic E-state index is -2.24. The maximum Gasteiger partial charge on any atom is 0.306 e. The second-order valence-corrected chi connectivity index (χ2v) is 11.0. The van der Waals surface area contributed by atoms with E-state index in [0.29, 0.717) is 6.42 Å². The molecule has 33 heavy (non-hydrogen) atoms. The Morgan fingerprint density at radius 2 is 1.94 bits per heavy atom. The molecule has 0 saturated heterocycles. The number of ketones is 2. The number of fused-ring (bicyclic) bond motifs is 5. The predicted octanol–water partition coefficient (Wildman–Crippen LogP) is 3.74. The number of aliphatic hydroxyl groups excluding tert-OH is 1. The number of carbonyl (C=O) groups excluding carboxylic acids is 3. The number of hydrogen-bond donors (Lipinski definition) is 2. The van der Waals surface area contributed by atoms with E-state index in [-0.39, 0.29) is 36.4 Å². The summed E-state index contributed by atoms with van der Waals surface area (Å²) in [4.78, 5) is 37.7. The Bertz CT molecular complexity index is 964. The molecule has 9 atom stereocenters. The highest BCUT2D eigenvalue weighted by molar-refractivity contribution is 7.81. The van der Waals surface area contributed by atoms with Crippen LogP contribution in [-0.4, -0.2) is 51.9 Å². The predicted molar refractivity (Wildman–Crippen MR) is 121 cm³/mol. The third-order valence-electron chi connectivity index (χ3n) is 9.29. The van der Waals surface area contributed by atoms with Crippen molar-refractivity contribution in [1.29, 1.82) is 0 Å². The molecule has 5 nitrogen and oxygen atoms in total. The molecule has 0 bridgehead atoms. The van der Waals surface area contributed by atoms with Crippen LogP contribution in [0.15, 0.2) is 23.8 Å². The number of alkyl halides is 2. The highest BCUT2D eigenvalue weighted by atomic mass is 32.1. The fourth-order valence-corrected chi connectivity index (χ4v) is 8.00. The van der Waals surface area contributed by atoms with Crippen LogP contribution in [0.3, 0.4) is 0 Å². The fraction of sp³-hybridized carbons (Fsp3) is 0.720. The van der Waals surface area contributed by atoms with Gasteiger partial charge in [-0.2, -0.15) is 12.6 Å². The van der Waals surface area contributed by atoms with Crippen molar-refractivity contribution >= 4 is 30.2 Å². The summed E-state index contributed by atoms with van der Waals surface area (Å²) in [6.45, 7) is 6.72. The van der Waals surface area contributed by atoms with Gasteiger partial charge in [0.05, 0.1) is 11.9 Å². The molecule has 0 unspecified atom stereocenters. The van der Waals surface area contributed by atoms with Gasteiger partial charge in [0.25, 0.3) is 0 Å². The van der Waals surface area contributed by atoms with Crippen LogP contribution in [0.4, 0.5) is 8.78 Å². The lowest BCUT2D eigenvalue weighted by atomic mass is 9.44. The van der Waals surface area contributed by atoms with Crippen molar-refractivity contribution in [3.05, 3.63) is 23.8 Å². The molecule has 0 amide bonds. The summed E-state index contributed by atoms with van der Waals surface area (Å²) in [5, 5.41) is 11.4. The lowest BCUT2D eigenvalue weighted by Crippen LogP contribution is -2.71. The Morgan fingerprint density at radius 1 is 1.27 bits per heavy atom. The van der Waals surface area contributed by atoms with Gasteiger partial charge in [-0.25, -0.2) is 8.78 Å². The van der Waals surface area contributed by atoms with Crippen LogP contribution in [0.1, 0.15) is 53.4 Å². The number of thiol groups is 1. The average Bonchev–Trinajstić information content (AvgIpc) is 2.98. The average molecular weight is 483 g/mol. The zero-order valence-corrected chi connectivity index (χ0v) is 20.3. The minimum absolute atomic E-state index is 0.0533. The SMILES string of the molecule is CCC(=O)O[C@]1(C(=O)CS)[C@H](C)C[C@H]2[C@@H]3C[C@H](F)C4=CC(=O)C=C[C@]4(C)[C@@]3(F)[C@@H](O)C[C@@]21C. The van der Waals surface area contributed by atoms with Crippen molar-refractivity contribution in [3.63, 3.8) is 0 Å². The van der Waals surface area contributed by atoms with Crippen molar-refractivity contribution in [3.8, 4) is 0 Å². The van der Waals surface area contributed by atoms with Crippen LogP contribution in [0, 0.1) is 28.6 Å². The van der Waals surface area contributed by atoms with Crippen LogP contribution in [0.5, 0.6) is 0 Å². The van der Waals surface area contributed by atoms with Gasteiger partial charge >= 0.3 is 5.97 Å². The molecule has 3 fully saturated rings. The van der Waals surface area contributed by atoms with E-state index in [9.17, 15) is 19.5 Å². The molecule has 3 saturated carbocycles. The molecule has 0 radical (unpaired) electrons. The van der Waals surface area contributed by atoms with Gasteiger partial charge in [-0.1, -0.05) is 26.8 Å². The van der Waals surface area contributed by atoms with E-state index in [1.165, 1.54) is 19.1 Å². The van der Waals surface area contributed by atoms with Gasteiger partial charge in [-0.3, -0.25) is 14.4 Å². The zero-order valence-electron chi connectivity index (χ0n) is 19.4. The number of hydrogen-bond acceptors (Lipinski definition) is 6. The molecule has 0 heterocycles. The number of allylic oxidation sites excluding steroid dienone is 4. The summed E-state index contributed by atoms with van der Waals surface area (Å²) in [7, 11) is 0. The normalized spacial score (nSPS) is 48.4. The number of esters is 1. The van der Waals surface area contributed by atoms with E-state index in [4.69, 9.17) is 4.74 Å².